The summed E-state index contributed by atoms with van der Waals surface area (Å²) in [6.07, 6.45) is 2.85. The van der Waals surface area contributed by atoms with Gasteiger partial charge in [-0.1, -0.05) is 6.07 Å². The highest BCUT2D eigenvalue weighted by Crippen LogP contribution is 2.36. The average Bonchev–Trinajstić information content (AvgIpc) is 3.62. The van der Waals surface area contributed by atoms with E-state index in [1.54, 1.807) is 26.0 Å². The molecule has 2 amide bonds. The van der Waals surface area contributed by atoms with E-state index < -0.39 is 23.2 Å². The number of aliphatic hydroxyl groups excluding tert-OH is 1. The number of carbonyl (C=O) groups excluding carboxylic acids is 3. The van der Waals surface area contributed by atoms with Gasteiger partial charge in [-0.05, 0) is 64.5 Å². The van der Waals surface area contributed by atoms with Crippen molar-refractivity contribution in [3.8, 4) is 0 Å². The Hall–Kier alpha value is -3.40. The van der Waals surface area contributed by atoms with E-state index in [0.29, 0.717) is 55.2 Å². The Balaban J connectivity index is 1.31. The molecule has 1 aromatic carbocycles. The first-order chi connectivity index (χ1) is 17.1. The number of hydrogen-bond donors (Lipinski definition) is 3. The van der Waals surface area contributed by atoms with Gasteiger partial charge >= 0.3 is 0 Å². The summed E-state index contributed by atoms with van der Waals surface area (Å²) in [5, 5.41) is 15.6. The van der Waals surface area contributed by atoms with Crippen LogP contribution in [0, 0.1) is 25.6 Å². The third-order valence-electron chi connectivity index (χ3n) is 7.01. The summed E-state index contributed by atoms with van der Waals surface area (Å²) in [7, 11) is 0. The zero-order valence-corrected chi connectivity index (χ0v) is 20.8. The first-order valence-corrected chi connectivity index (χ1v) is 12.3. The molecular weight excluding hydrogens is 465 g/mol. The van der Waals surface area contributed by atoms with E-state index in [1.165, 1.54) is 19.2 Å². The molecule has 2 aliphatic rings. The lowest BCUT2D eigenvalue weighted by Crippen LogP contribution is -2.50. The van der Waals surface area contributed by atoms with Crippen LogP contribution in [0.3, 0.4) is 0 Å². The smallest absolute Gasteiger partial charge is 0.255 e. The Morgan fingerprint density at radius 2 is 1.92 bits per heavy atom. The van der Waals surface area contributed by atoms with Crippen LogP contribution in [0.5, 0.6) is 0 Å². The van der Waals surface area contributed by atoms with Crippen LogP contribution in [0.4, 0.5) is 10.1 Å². The van der Waals surface area contributed by atoms with Crippen molar-refractivity contribution < 1.29 is 23.9 Å². The minimum absolute atomic E-state index is 0.0834. The van der Waals surface area contributed by atoms with E-state index in [-0.39, 0.29) is 23.3 Å². The molecule has 1 atom stereocenters. The highest BCUT2D eigenvalue weighted by molar-refractivity contribution is 6.04. The number of benzene rings is 1. The van der Waals surface area contributed by atoms with Crippen molar-refractivity contribution in [2.24, 2.45) is 5.92 Å². The maximum absolute atomic E-state index is 14.4. The standard InChI is InChI=1S/C26H32FN5O4/c1-15-19(14-28-17(3)30-15)24(35)31-26(9-10-26)25(36)29-13-18-7-11-32(12-8-18)21-6-4-5-20(27)22(21)23(34)16(2)33/h4-6,14,16,18,33H,7-13H2,1-3H3,(H,29,36)(H,31,35). The lowest BCUT2D eigenvalue weighted by molar-refractivity contribution is -0.124. The minimum atomic E-state index is -1.29. The quantitative estimate of drug-likeness (QED) is 0.477. The van der Waals surface area contributed by atoms with Crippen molar-refractivity contribution >= 4 is 23.3 Å². The number of amides is 2. The number of nitrogens with one attached hydrogen (secondary N) is 2. The molecule has 2 aromatic rings. The van der Waals surface area contributed by atoms with Crippen LogP contribution in [-0.2, 0) is 4.79 Å². The van der Waals surface area contributed by atoms with Gasteiger partial charge in [-0.15, -0.1) is 0 Å². The molecule has 3 N–H and O–H groups in total. The molecule has 9 nitrogen and oxygen atoms in total. The number of aromatic nitrogens is 2. The van der Waals surface area contributed by atoms with E-state index in [4.69, 9.17) is 0 Å². The van der Waals surface area contributed by atoms with Gasteiger partial charge in [0, 0.05) is 25.8 Å². The molecule has 1 saturated carbocycles. The van der Waals surface area contributed by atoms with Gasteiger partial charge in [0.25, 0.3) is 5.91 Å². The lowest BCUT2D eigenvalue weighted by atomic mass is 9.94. The maximum atomic E-state index is 14.4. The van der Waals surface area contributed by atoms with E-state index >= 15 is 0 Å². The lowest BCUT2D eigenvalue weighted by Gasteiger charge is -2.35. The molecule has 1 aliphatic carbocycles. The molecule has 192 valence electrons. The van der Waals surface area contributed by atoms with Crippen LogP contribution in [0.25, 0.3) is 0 Å². The molecule has 0 spiro atoms. The SMILES string of the molecule is Cc1ncc(C(=O)NC2(C(=O)NCC3CCN(c4cccc(F)c4C(=O)C(C)O)CC3)CC2)c(C)n1. The second-order valence-corrected chi connectivity index (χ2v) is 9.77. The average molecular weight is 498 g/mol. The van der Waals surface area contributed by atoms with Gasteiger partial charge in [0.15, 0.2) is 5.78 Å². The predicted molar refractivity (Wildman–Crippen MR) is 131 cm³/mol. The molecule has 1 unspecified atom stereocenters. The van der Waals surface area contributed by atoms with Crippen molar-refractivity contribution in [2.75, 3.05) is 24.5 Å². The Morgan fingerprint density at radius 1 is 1.22 bits per heavy atom. The summed E-state index contributed by atoms with van der Waals surface area (Å²) >= 11 is 0. The van der Waals surface area contributed by atoms with Crippen LogP contribution in [0.15, 0.2) is 24.4 Å². The number of Topliss-reactive ketones (excluding diaryl/α,β-unsaturated/α-hetero) is 1. The number of halogens is 1. The van der Waals surface area contributed by atoms with Crippen LogP contribution in [-0.4, -0.2) is 63.9 Å². The molecule has 2 heterocycles. The Morgan fingerprint density at radius 3 is 2.53 bits per heavy atom. The summed E-state index contributed by atoms with van der Waals surface area (Å²) in [5.74, 6) is -1.03. The zero-order valence-electron chi connectivity index (χ0n) is 20.8. The molecular formula is C26H32FN5O4. The third-order valence-corrected chi connectivity index (χ3v) is 7.01. The van der Waals surface area contributed by atoms with Gasteiger partial charge in [-0.2, -0.15) is 0 Å². The second-order valence-electron chi connectivity index (χ2n) is 9.77. The monoisotopic (exact) mass is 497 g/mol. The summed E-state index contributed by atoms with van der Waals surface area (Å²) < 4.78 is 14.4. The molecule has 4 rings (SSSR count). The van der Waals surface area contributed by atoms with Crippen LogP contribution < -0.4 is 15.5 Å². The molecule has 1 aromatic heterocycles. The van der Waals surface area contributed by atoms with E-state index in [2.05, 4.69) is 20.6 Å². The zero-order chi connectivity index (χ0) is 26.0. The molecule has 0 radical (unpaired) electrons. The number of aryl methyl sites for hydroxylation is 2. The maximum Gasteiger partial charge on any atom is 0.255 e. The second kappa shape index (κ2) is 10.3. The number of carbonyl (C=O) groups is 3. The van der Waals surface area contributed by atoms with E-state index in [1.807, 2.05) is 4.90 Å². The Labute approximate surface area is 209 Å². The van der Waals surface area contributed by atoms with Gasteiger partial charge in [0.2, 0.25) is 5.91 Å². The molecule has 36 heavy (non-hydrogen) atoms. The van der Waals surface area contributed by atoms with E-state index in [9.17, 15) is 23.9 Å². The minimum Gasteiger partial charge on any atom is -0.385 e. The highest BCUT2D eigenvalue weighted by atomic mass is 19.1. The van der Waals surface area contributed by atoms with Gasteiger partial charge in [0.1, 0.15) is 23.3 Å². The number of aliphatic hydroxyl groups is 1. The Bertz CT molecular complexity index is 1170. The largest absolute Gasteiger partial charge is 0.385 e. The first-order valence-electron chi connectivity index (χ1n) is 12.3. The topological polar surface area (TPSA) is 125 Å². The summed E-state index contributed by atoms with van der Waals surface area (Å²) in [5.41, 5.74) is 0.433. The molecule has 2 fully saturated rings. The number of ketones is 1. The number of nitrogens with zero attached hydrogens (tertiary/aromatic N) is 3. The number of piperidine rings is 1. The van der Waals surface area contributed by atoms with Gasteiger partial charge in [0.05, 0.1) is 22.5 Å². The normalized spacial score (nSPS) is 17.9. The van der Waals surface area contributed by atoms with Crippen molar-refractivity contribution in [3.05, 3.63) is 52.9 Å². The molecule has 1 aliphatic heterocycles. The van der Waals surface area contributed by atoms with Gasteiger partial charge in [-0.25, -0.2) is 14.4 Å². The van der Waals surface area contributed by atoms with Gasteiger partial charge < -0.3 is 20.6 Å². The van der Waals surface area contributed by atoms with Crippen molar-refractivity contribution in [1.82, 2.24) is 20.6 Å². The molecule has 10 heteroatoms. The summed E-state index contributed by atoms with van der Waals surface area (Å²) in [4.78, 5) is 48.2. The number of anilines is 1. The fourth-order valence-corrected chi connectivity index (χ4v) is 4.64. The fraction of sp³-hybridized carbons (Fsp3) is 0.500. The first kappa shape index (κ1) is 25.7. The van der Waals surface area contributed by atoms with Crippen LogP contribution in [0.1, 0.15) is 64.8 Å². The number of rotatable bonds is 8. The molecule has 0 bridgehead atoms. The summed E-state index contributed by atoms with van der Waals surface area (Å²) in [6, 6.07) is 4.48. The van der Waals surface area contributed by atoms with Crippen molar-refractivity contribution in [2.45, 2.75) is 58.1 Å². The Kier molecular flexibility index (Phi) is 7.35. The summed E-state index contributed by atoms with van der Waals surface area (Å²) in [6.45, 7) is 6.49. The van der Waals surface area contributed by atoms with Crippen molar-refractivity contribution in [3.63, 3.8) is 0 Å². The van der Waals surface area contributed by atoms with E-state index in [0.717, 1.165) is 12.8 Å². The van der Waals surface area contributed by atoms with Crippen LogP contribution in [0.2, 0.25) is 0 Å². The van der Waals surface area contributed by atoms with Crippen LogP contribution >= 0.6 is 0 Å². The highest BCUT2D eigenvalue weighted by Gasteiger charge is 2.51. The fourth-order valence-electron chi connectivity index (χ4n) is 4.64. The molecule has 1 saturated heterocycles. The predicted octanol–water partition coefficient (Wildman–Crippen LogP) is 2.09. The third kappa shape index (κ3) is 5.38. The number of hydrogen-bond acceptors (Lipinski definition) is 7. The van der Waals surface area contributed by atoms with Crippen molar-refractivity contribution in [1.29, 1.82) is 0 Å². The van der Waals surface area contributed by atoms with Gasteiger partial charge in [-0.3, -0.25) is 14.4 Å².